The fourth-order valence-electron chi connectivity index (χ4n) is 3.41. The second-order valence-electron chi connectivity index (χ2n) is 5.99. The van der Waals surface area contributed by atoms with Crippen LogP contribution in [0.15, 0.2) is 18.3 Å². The smallest absolute Gasteiger partial charge is 0.0940 e. The number of aromatic nitrogens is 1. The number of hydrogen-bond acceptors (Lipinski definition) is 5. The molecular weight excluding hydrogens is 254 g/mol. The second kappa shape index (κ2) is 5.77. The van der Waals surface area contributed by atoms with Gasteiger partial charge in [0.25, 0.3) is 0 Å². The first kappa shape index (κ1) is 13.9. The third kappa shape index (κ3) is 2.72. The molecule has 3 rings (SSSR count). The summed E-state index contributed by atoms with van der Waals surface area (Å²) < 4.78 is 11.5. The van der Waals surface area contributed by atoms with Crippen LogP contribution in [0.2, 0.25) is 0 Å². The highest BCUT2D eigenvalue weighted by Gasteiger charge is 2.43. The average molecular weight is 277 g/mol. The van der Waals surface area contributed by atoms with E-state index in [9.17, 15) is 0 Å². The van der Waals surface area contributed by atoms with Crippen LogP contribution in [0.1, 0.15) is 36.6 Å². The number of nitrogens with one attached hydrogen (secondary N) is 1. The van der Waals surface area contributed by atoms with Crippen molar-refractivity contribution in [2.75, 3.05) is 19.8 Å². The Morgan fingerprint density at radius 2 is 2.40 bits per heavy atom. The Labute approximate surface area is 119 Å². The fraction of sp³-hybridized carbons (Fsp3) is 0.667. The van der Waals surface area contributed by atoms with Crippen LogP contribution in [-0.2, 0) is 9.47 Å². The molecule has 2 aliphatic heterocycles. The number of hydrazine groups is 1. The van der Waals surface area contributed by atoms with E-state index in [2.05, 4.69) is 23.4 Å². The van der Waals surface area contributed by atoms with Gasteiger partial charge in [-0.2, -0.15) is 0 Å². The monoisotopic (exact) mass is 277 g/mol. The van der Waals surface area contributed by atoms with Gasteiger partial charge in [-0.15, -0.1) is 0 Å². The van der Waals surface area contributed by atoms with Gasteiger partial charge in [0, 0.05) is 25.8 Å². The van der Waals surface area contributed by atoms with E-state index >= 15 is 0 Å². The number of rotatable bonds is 3. The second-order valence-corrected chi connectivity index (χ2v) is 5.99. The number of nitrogens with zero attached hydrogens (tertiary/aromatic N) is 1. The minimum atomic E-state index is -0.0954. The number of pyridine rings is 1. The lowest BCUT2D eigenvalue weighted by atomic mass is 9.80. The largest absolute Gasteiger partial charge is 0.378 e. The Hall–Kier alpha value is -1.01. The maximum atomic E-state index is 6.00. The van der Waals surface area contributed by atoms with Gasteiger partial charge in [-0.05, 0) is 43.4 Å². The van der Waals surface area contributed by atoms with Gasteiger partial charge in [0.15, 0.2) is 0 Å². The van der Waals surface area contributed by atoms with Gasteiger partial charge in [0.05, 0.1) is 23.9 Å². The molecule has 0 bridgehead atoms. The van der Waals surface area contributed by atoms with Crippen LogP contribution < -0.4 is 11.3 Å². The highest BCUT2D eigenvalue weighted by Crippen LogP contribution is 2.40. The molecule has 1 aromatic heterocycles. The van der Waals surface area contributed by atoms with Crippen molar-refractivity contribution in [1.29, 1.82) is 0 Å². The van der Waals surface area contributed by atoms with Gasteiger partial charge in [-0.3, -0.25) is 16.3 Å². The van der Waals surface area contributed by atoms with Gasteiger partial charge in [0.1, 0.15) is 0 Å². The van der Waals surface area contributed by atoms with Gasteiger partial charge in [-0.1, -0.05) is 0 Å². The average Bonchev–Trinajstić information content (AvgIpc) is 2.88. The van der Waals surface area contributed by atoms with E-state index in [1.165, 1.54) is 5.56 Å². The molecule has 20 heavy (non-hydrogen) atoms. The van der Waals surface area contributed by atoms with Crippen LogP contribution in [0.25, 0.3) is 0 Å². The van der Waals surface area contributed by atoms with E-state index < -0.39 is 0 Å². The summed E-state index contributed by atoms with van der Waals surface area (Å²) in [7, 11) is 0. The van der Waals surface area contributed by atoms with Crippen LogP contribution in [0.3, 0.4) is 0 Å². The molecule has 1 spiro atoms. The highest BCUT2D eigenvalue weighted by atomic mass is 16.6. The normalized spacial score (nSPS) is 31.6. The van der Waals surface area contributed by atoms with E-state index in [1.54, 1.807) is 0 Å². The summed E-state index contributed by atoms with van der Waals surface area (Å²) in [4.78, 5) is 4.49. The predicted octanol–water partition coefficient (Wildman–Crippen LogP) is 1.48. The van der Waals surface area contributed by atoms with Gasteiger partial charge in [0.2, 0.25) is 0 Å². The molecule has 1 aromatic rings. The molecular formula is C15H23N3O2. The zero-order valence-electron chi connectivity index (χ0n) is 12.0. The van der Waals surface area contributed by atoms with E-state index in [0.717, 1.165) is 38.2 Å². The molecule has 3 atom stereocenters. The molecule has 2 saturated heterocycles. The van der Waals surface area contributed by atoms with Crippen LogP contribution in [0.5, 0.6) is 0 Å². The van der Waals surface area contributed by atoms with Gasteiger partial charge < -0.3 is 9.47 Å². The summed E-state index contributed by atoms with van der Waals surface area (Å²) in [5, 5.41) is 0. The summed E-state index contributed by atoms with van der Waals surface area (Å²) in [6.07, 6.45) is 4.83. The SMILES string of the molecule is Cc1ccnc(C(NN)C2CCOC3(CCOC3)C2)c1. The van der Waals surface area contributed by atoms with Gasteiger partial charge >= 0.3 is 0 Å². The third-order valence-corrected chi connectivity index (χ3v) is 4.50. The molecule has 3 N–H and O–H groups in total. The van der Waals surface area contributed by atoms with Crippen LogP contribution in [-0.4, -0.2) is 30.4 Å². The number of nitrogens with two attached hydrogens (primary N) is 1. The zero-order valence-corrected chi connectivity index (χ0v) is 12.0. The molecule has 0 aromatic carbocycles. The first-order valence-corrected chi connectivity index (χ1v) is 7.33. The van der Waals surface area contributed by atoms with Crippen molar-refractivity contribution < 1.29 is 9.47 Å². The molecule has 5 nitrogen and oxygen atoms in total. The lowest BCUT2D eigenvalue weighted by molar-refractivity contribution is -0.103. The van der Waals surface area contributed by atoms with Crippen molar-refractivity contribution in [3.05, 3.63) is 29.6 Å². The fourth-order valence-corrected chi connectivity index (χ4v) is 3.41. The van der Waals surface area contributed by atoms with Crippen molar-refractivity contribution in [3.63, 3.8) is 0 Å². The first-order valence-electron chi connectivity index (χ1n) is 7.33. The van der Waals surface area contributed by atoms with Crippen LogP contribution in [0.4, 0.5) is 0 Å². The molecule has 0 radical (unpaired) electrons. The molecule has 0 amide bonds. The predicted molar refractivity (Wildman–Crippen MR) is 75.9 cm³/mol. The zero-order chi connectivity index (χ0) is 14.0. The Balaban J connectivity index is 1.78. The summed E-state index contributed by atoms with van der Waals surface area (Å²) in [6.45, 7) is 4.37. The number of ether oxygens (including phenoxy) is 2. The van der Waals surface area contributed by atoms with E-state index in [-0.39, 0.29) is 11.6 Å². The summed E-state index contributed by atoms with van der Waals surface area (Å²) in [5.41, 5.74) is 5.10. The molecule has 0 saturated carbocycles. The standard InChI is InChI=1S/C15H23N3O2/c1-11-2-5-17-13(8-11)14(18-16)12-3-6-20-15(9-12)4-7-19-10-15/h2,5,8,12,14,18H,3-4,6-7,9-10,16H2,1H3. The van der Waals surface area contributed by atoms with Crippen molar-refractivity contribution in [2.24, 2.45) is 11.8 Å². The van der Waals surface area contributed by atoms with Crippen LogP contribution >= 0.6 is 0 Å². The molecule has 110 valence electrons. The maximum absolute atomic E-state index is 6.00. The molecule has 2 aliphatic rings. The van der Waals surface area contributed by atoms with E-state index in [4.69, 9.17) is 15.3 Å². The maximum Gasteiger partial charge on any atom is 0.0940 e. The van der Waals surface area contributed by atoms with Gasteiger partial charge in [-0.25, -0.2) is 0 Å². The minimum Gasteiger partial charge on any atom is -0.378 e. The van der Waals surface area contributed by atoms with E-state index in [0.29, 0.717) is 12.5 Å². The first-order chi connectivity index (χ1) is 9.72. The summed E-state index contributed by atoms with van der Waals surface area (Å²) >= 11 is 0. The third-order valence-electron chi connectivity index (χ3n) is 4.50. The Morgan fingerprint density at radius 1 is 1.50 bits per heavy atom. The topological polar surface area (TPSA) is 69.4 Å². The summed E-state index contributed by atoms with van der Waals surface area (Å²) in [5.74, 6) is 6.25. The number of aryl methyl sites for hydroxylation is 1. The van der Waals surface area contributed by atoms with Crippen molar-refractivity contribution >= 4 is 0 Å². The molecule has 3 heterocycles. The molecule has 3 unspecified atom stereocenters. The number of hydrogen-bond donors (Lipinski definition) is 2. The minimum absolute atomic E-state index is 0.0799. The highest BCUT2D eigenvalue weighted by molar-refractivity contribution is 5.18. The van der Waals surface area contributed by atoms with Crippen molar-refractivity contribution in [2.45, 2.75) is 37.8 Å². The van der Waals surface area contributed by atoms with Crippen molar-refractivity contribution in [3.8, 4) is 0 Å². The quantitative estimate of drug-likeness (QED) is 0.647. The lowest BCUT2D eigenvalue weighted by Gasteiger charge is -2.40. The van der Waals surface area contributed by atoms with Crippen molar-refractivity contribution in [1.82, 2.24) is 10.4 Å². The lowest BCUT2D eigenvalue weighted by Crippen LogP contribution is -2.45. The Bertz CT molecular complexity index is 460. The van der Waals surface area contributed by atoms with Crippen LogP contribution in [0, 0.1) is 12.8 Å². The molecule has 0 aliphatic carbocycles. The molecule has 5 heteroatoms. The Kier molecular flexibility index (Phi) is 4.03. The van der Waals surface area contributed by atoms with E-state index in [1.807, 2.05) is 12.3 Å². The molecule has 2 fully saturated rings. The summed E-state index contributed by atoms with van der Waals surface area (Å²) in [6, 6.07) is 4.20. The Morgan fingerprint density at radius 3 is 3.10 bits per heavy atom.